The molecule has 5 nitrogen and oxygen atoms in total. The predicted octanol–water partition coefficient (Wildman–Crippen LogP) is 10.9. The number of halogens is 2. The Labute approximate surface area is 273 Å². The van der Waals surface area contributed by atoms with Gasteiger partial charge < -0.3 is 10.4 Å². The Hall–Kier alpha value is -4.23. The molecular formula is C37H32Cl2N2O3S. The number of anilines is 4. The summed E-state index contributed by atoms with van der Waals surface area (Å²) >= 11 is 12.9. The molecule has 0 aromatic heterocycles. The van der Waals surface area contributed by atoms with Gasteiger partial charge in [-0.3, -0.25) is 0 Å². The lowest BCUT2D eigenvalue weighted by Crippen LogP contribution is -2.30. The highest BCUT2D eigenvalue weighted by molar-refractivity contribution is 7.93. The number of aryl methyl sites for hydroxylation is 1. The molecule has 0 saturated heterocycles. The molecule has 0 radical (unpaired) electrons. The fraction of sp³-hybridized carbons (Fsp3) is 0.135. The highest BCUT2D eigenvalue weighted by Gasteiger charge is 2.35. The summed E-state index contributed by atoms with van der Waals surface area (Å²) in [6, 6.07) is 33.4. The summed E-state index contributed by atoms with van der Waals surface area (Å²) in [7, 11) is -4.32. The molecule has 0 spiro atoms. The van der Waals surface area contributed by atoms with Crippen LogP contribution in [-0.2, 0) is 15.4 Å². The molecular weight excluding hydrogens is 623 g/mol. The van der Waals surface area contributed by atoms with Crippen molar-refractivity contribution in [2.75, 3.05) is 9.62 Å². The van der Waals surface area contributed by atoms with Crippen LogP contribution in [0.1, 0.15) is 31.9 Å². The van der Waals surface area contributed by atoms with Gasteiger partial charge in [-0.25, -0.2) is 12.7 Å². The Morgan fingerprint density at radius 1 is 0.733 bits per heavy atom. The van der Waals surface area contributed by atoms with E-state index in [0.717, 1.165) is 33.3 Å². The number of hydrogen-bond acceptors (Lipinski definition) is 4. The third-order valence-electron chi connectivity index (χ3n) is 7.86. The van der Waals surface area contributed by atoms with Crippen LogP contribution in [0.15, 0.2) is 114 Å². The molecule has 0 heterocycles. The lowest BCUT2D eigenvalue weighted by molar-refractivity contribution is 0.476. The molecule has 0 amide bonds. The minimum atomic E-state index is -4.32. The van der Waals surface area contributed by atoms with Gasteiger partial charge >= 0.3 is 0 Å². The molecule has 0 unspecified atom stereocenters. The van der Waals surface area contributed by atoms with E-state index in [2.05, 4.69) is 26.1 Å². The molecule has 0 saturated carbocycles. The van der Waals surface area contributed by atoms with Crippen LogP contribution < -0.4 is 9.62 Å². The number of hydrogen-bond donors (Lipinski definition) is 2. The zero-order valence-corrected chi connectivity index (χ0v) is 27.6. The summed E-state index contributed by atoms with van der Waals surface area (Å²) in [6.07, 6.45) is 0. The van der Waals surface area contributed by atoms with E-state index in [9.17, 15) is 5.11 Å². The molecule has 0 fully saturated rings. The van der Waals surface area contributed by atoms with E-state index in [4.69, 9.17) is 23.2 Å². The second kappa shape index (κ2) is 11.6. The van der Waals surface area contributed by atoms with E-state index in [0.29, 0.717) is 16.5 Å². The second-order valence-electron chi connectivity index (χ2n) is 12.1. The van der Waals surface area contributed by atoms with Gasteiger partial charge in [-0.05, 0) is 59.7 Å². The number of phenols is 1. The fourth-order valence-corrected chi connectivity index (χ4v) is 7.83. The quantitative estimate of drug-likeness (QED) is 0.187. The summed E-state index contributed by atoms with van der Waals surface area (Å²) in [6.45, 7) is 8.19. The number of nitrogens with one attached hydrogen (secondary N) is 1. The maximum atomic E-state index is 15.1. The van der Waals surface area contributed by atoms with Crippen molar-refractivity contribution < 1.29 is 13.5 Å². The minimum absolute atomic E-state index is 0.0603. The summed E-state index contributed by atoms with van der Waals surface area (Å²) in [5, 5.41) is 16.8. The van der Waals surface area contributed by atoms with Crippen LogP contribution >= 0.6 is 23.2 Å². The number of nitrogens with zero attached hydrogens (tertiary/aromatic N) is 1. The molecule has 0 aliphatic carbocycles. The second-order valence-corrected chi connectivity index (χ2v) is 14.7. The third kappa shape index (κ3) is 5.70. The Bertz CT molecular complexity index is 2160. The van der Waals surface area contributed by atoms with Gasteiger partial charge in [0.2, 0.25) is 0 Å². The van der Waals surface area contributed by atoms with Crippen molar-refractivity contribution in [3.05, 3.63) is 130 Å². The van der Waals surface area contributed by atoms with Gasteiger partial charge in [0.1, 0.15) is 0 Å². The zero-order chi connectivity index (χ0) is 32.1. The van der Waals surface area contributed by atoms with Crippen LogP contribution in [0.25, 0.3) is 21.5 Å². The first-order chi connectivity index (χ1) is 21.4. The molecule has 0 aliphatic heterocycles. The van der Waals surface area contributed by atoms with Crippen molar-refractivity contribution in [3.63, 3.8) is 0 Å². The summed E-state index contributed by atoms with van der Waals surface area (Å²) in [5.74, 6) is -0.317. The molecule has 8 heteroatoms. The number of aromatic hydroxyl groups is 1. The van der Waals surface area contributed by atoms with E-state index in [1.165, 1.54) is 16.4 Å². The van der Waals surface area contributed by atoms with Crippen molar-refractivity contribution in [1.82, 2.24) is 0 Å². The first-order valence-corrected chi connectivity index (χ1v) is 16.7. The third-order valence-corrected chi connectivity index (χ3v) is 10.2. The van der Waals surface area contributed by atoms with E-state index in [1.54, 1.807) is 18.2 Å². The summed E-state index contributed by atoms with van der Waals surface area (Å²) < 4.78 is 31.6. The molecule has 0 atom stereocenters. The van der Waals surface area contributed by atoms with E-state index in [-0.39, 0.29) is 26.4 Å². The lowest BCUT2D eigenvalue weighted by Gasteiger charge is -2.33. The number of sulfonamides is 1. The SMILES string of the molecule is Cc1ccc(Nc2cc(C(C)(C)C)c(N(c3cc(Cl)c(O)c(Cl)c3)S(=O)(=O)c3cccc4ccccc34)c3ccccc23)cc1. The molecule has 45 heavy (non-hydrogen) atoms. The van der Waals surface area contributed by atoms with Crippen molar-refractivity contribution in [2.24, 2.45) is 0 Å². The molecule has 0 bridgehead atoms. The first-order valence-electron chi connectivity index (χ1n) is 14.5. The highest BCUT2D eigenvalue weighted by atomic mass is 35.5. The molecule has 0 aliphatic rings. The Balaban J connectivity index is 1.72. The maximum absolute atomic E-state index is 15.1. The standard InChI is InChI=1S/C37H32Cl2N2O3S/c1-23-16-18-25(19-17-23)40-33-22-30(37(2,3)4)35(29-14-8-7-13-28(29)33)41(26-20-31(38)36(42)32(39)21-26)45(43,44)34-15-9-11-24-10-5-6-12-27(24)34/h5-22,40,42H,1-4H3. The normalized spacial score (nSPS) is 12.0. The number of rotatable bonds is 6. The zero-order valence-electron chi connectivity index (χ0n) is 25.3. The van der Waals surface area contributed by atoms with Crippen molar-refractivity contribution in [2.45, 2.75) is 38.0 Å². The van der Waals surface area contributed by atoms with Crippen molar-refractivity contribution in [1.29, 1.82) is 0 Å². The van der Waals surface area contributed by atoms with Crippen LogP contribution in [0, 0.1) is 6.92 Å². The molecule has 228 valence electrons. The van der Waals surface area contributed by atoms with E-state index >= 15 is 8.42 Å². The van der Waals surface area contributed by atoms with Crippen molar-refractivity contribution in [3.8, 4) is 5.75 Å². The topological polar surface area (TPSA) is 69.6 Å². The molecule has 2 N–H and O–H groups in total. The molecule has 6 aromatic rings. The highest BCUT2D eigenvalue weighted by Crippen LogP contribution is 2.49. The van der Waals surface area contributed by atoms with Gasteiger partial charge in [0.25, 0.3) is 10.0 Å². The van der Waals surface area contributed by atoms with Gasteiger partial charge in [-0.1, -0.05) is 122 Å². The summed E-state index contributed by atoms with van der Waals surface area (Å²) in [5.41, 5.74) is 3.84. The average Bonchev–Trinajstić information content (AvgIpc) is 3.01. The number of fused-ring (bicyclic) bond motifs is 2. The summed E-state index contributed by atoms with van der Waals surface area (Å²) in [4.78, 5) is 0.131. The van der Waals surface area contributed by atoms with Crippen LogP contribution in [0.3, 0.4) is 0 Å². The Morgan fingerprint density at radius 2 is 1.31 bits per heavy atom. The smallest absolute Gasteiger partial charge is 0.269 e. The Kier molecular flexibility index (Phi) is 7.94. The van der Waals surface area contributed by atoms with Crippen LogP contribution in [0.2, 0.25) is 10.0 Å². The van der Waals surface area contributed by atoms with Crippen LogP contribution in [0.5, 0.6) is 5.75 Å². The van der Waals surface area contributed by atoms with Gasteiger partial charge in [-0.2, -0.15) is 0 Å². The average molecular weight is 656 g/mol. The van der Waals surface area contributed by atoms with Crippen molar-refractivity contribution >= 4 is 77.5 Å². The molecule has 6 rings (SSSR count). The molecule has 6 aromatic carbocycles. The first kappa shape index (κ1) is 30.8. The number of benzene rings is 6. The monoisotopic (exact) mass is 654 g/mol. The van der Waals surface area contributed by atoms with Crippen LogP contribution in [0.4, 0.5) is 22.7 Å². The fourth-order valence-electron chi connectivity index (χ4n) is 5.62. The van der Waals surface area contributed by atoms with Gasteiger partial charge in [0.15, 0.2) is 5.75 Å². The van der Waals surface area contributed by atoms with Crippen LogP contribution in [-0.4, -0.2) is 13.5 Å². The minimum Gasteiger partial charge on any atom is -0.505 e. The van der Waals surface area contributed by atoms with E-state index in [1.807, 2.05) is 85.8 Å². The lowest BCUT2D eigenvalue weighted by atomic mass is 9.83. The largest absolute Gasteiger partial charge is 0.505 e. The maximum Gasteiger partial charge on any atom is 0.269 e. The Morgan fingerprint density at radius 3 is 1.96 bits per heavy atom. The van der Waals surface area contributed by atoms with E-state index < -0.39 is 15.4 Å². The van der Waals surface area contributed by atoms with Gasteiger partial charge in [0.05, 0.1) is 26.3 Å². The predicted molar refractivity (Wildman–Crippen MR) is 189 cm³/mol. The number of phenolic OH excluding ortho intramolecular Hbond substituents is 1. The van der Waals surface area contributed by atoms with Gasteiger partial charge in [-0.15, -0.1) is 0 Å². The van der Waals surface area contributed by atoms with Gasteiger partial charge in [0, 0.05) is 27.5 Å².